The average Bonchev–Trinajstić information content (AvgIpc) is 2.84. The molecule has 0 nitrogen and oxygen atoms in total. The summed E-state index contributed by atoms with van der Waals surface area (Å²) in [5, 5.41) is 3.05. The van der Waals surface area contributed by atoms with Gasteiger partial charge in [0.05, 0.1) is 4.83 Å². The maximum Gasteiger partial charge on any atom is 0.128 e. The van der Waals surface area contributed by atoms with Crippen LogP contribution in [0.25, 0.3) is 10.1 Å². The van der Waals surface area contributed by atoms with Crippen LogP contribution in [0, 0.1) is 11.6 Å². The van der Waals surface area contributed by atoms with Gasteiger partial charge in [0.2, 0.25) is 0 Å². The number of alkyl halides is 1. The predicted octanol–water partition coefficient (Wildman–Crippen LogP) is 5.66. The van der Waals surface area contributed by atoms with Gasteiger partial charge in [-0.1, -0.05) is 34.1 Å². The Hall–Kier alpha value is -1.26. The van der Waals surface area contributed by atoms with Gasteiger partial charge >= 0.3 is 0 Å². The predicted molar refractivity (Wildman–Crippen MR) is 79.0 cm³/mol. The maximum absolute atomic E-state index is 13.8. The minimum atomic E-state index is -0.430. The van der Waals surface area contributed by atoms with Crippen molar-refractivity contribution in [3.05, 3.63) is 70.6 Å². The number of hydrogen-bond acceptors (Lipinski definition) is 1. The molecule has 1 heterocycles. The number of fused-ring (bicyclic) bond motifs is 1. The van der Waals surface area contributed by atoms with Crippen LogP contribution in [0.15, 0.2) is 47.8 Å². The van der Waals surface area contributed by atoms with Gasteiger partial charge in [-0.2, -0.15) is 0 Å². The zero-order valence-corrected chi connectivity index (χ0v) is 12.1. The molecule has 0 saturated heterocycles. The third kappa shape index (κ3) is 2.30. The molecule has 3 rings (SSSR count). The number of thiophene rings is 1. The van der Waals surface area contributed by atoms with E-state index < -0.39 is 11.6 Å². The highest BCUT2D eigenvalue weighted by atomic mass is 79.9. The Bertz CT molecular complexity index is 736. The van der Waals surface area contributed by atoms with Crippen LogP contribution >= 0.6 is 27.3 Å². The third-order valence-corrected chi connectivity index (χ3v) is 4.98. The van der Waals surface area contributed by atoms with E-state index in [1.54, 1.807) is 11.3 Å². The first-order valence-electron chi connectivity index (χ1n) is 5.72. The van der Waals surface area contributed by atoms with Crippen molar-refractivity contribution in [3.63, 3.8) is 0 Å². The lowest BCUT2D eigenvalue weighted by Crippen LogP contribution is -1.96. The van der Waals surface area contributed by atoms with Crippen molar-refractivity contribution in [1.82, 2.24) is 0 Å². The molecule has 0 spiro atoms. The molecule has 0 radical (unpaired) electrons. The Labute approximate surface area is 121 Å². The molecule has 0 aliphatic carbocycles. The van der Waals surface area contributed by atoms with Crippen LogP contribution in [0.5, 0.6) is 0 Å². The summed E-state index contributed by atoms with van der Waals surface area (Å²) >= 11 is 5.08. The highest BCUT2D eigenvalue weighted by Crippen LogP contribution is 2.39. The topological polar surface area (TPSA) is 0 Å². The van der Waals surface area contributed by atoms with Gasteiger partial charge in [0.25, 0.3) is 0 Å². The lowest BCUT2D eigenvalue weighted by atomic mass is 10.0. The normalized spacial score (nSPS) is 12.8. The molecule has 0 N–H and O–H groups in total. The van der Waals surface area contributed by atoms with Crippen molar-refractivity contribution in [3.8, 4) is 0 Å². The Morgan fingerprint density at radius 1 is 1.00 bits per heavy atom. The summed E-state index contributed by atoms with van der Waals surface area (Å²) in [5.41, 5.74) is 1.29. The molecule has 19 heavy (non-hydrogen) atoms. The smallest absolute Gasteiger partial charge is 0.128 e. The highest BCUT2D eigenvalue weighted by molar-refractivity contribution is 9.09. The summed E-state index contributed by atoms with van der Waals surface area (Å²) in [6, 6.07) is 11.4. The van der Waals surface area contributed by atoms with E-state index in [0.29, 0.717) is 5.56 Å². The Morgan fingerprint density at radius 3 is 2.63 bits per heavy atom. The summed E-state index contributed by atoms with van der Waals surface area (Å²) in [4.78, 5) is -0.348. The molecular formula is C15H9BrF2S. The van der Waals surface area contributed by atoms with E-state index in [1.165, 1.54) is 6.07 Å². The molecule has 3 aromatic rings. The SMILES string of the molecule is Fc1ccc(F)c(C(Br)c2csc3ccccc23)c1. The molecular weight excluding hydrogens is 330 g/mol. The molecule has 0 fully saturated rings. The molecule has 4 heteroatoms. The zero-order valence-electron chi connectivity index (χ0n) is 9.74. The van der Waals surface area contributed by atoms with E-state index >= 15 is 0 Å². The Kier molecular flexibility index (Phi) is 3.37. The van der Waals surface area contributed by atoms with E-state index in [9.17, 15) is 8.78 Å². The first-order valence-corrected chi connectivity index (χ1v) is 7.51. The molecule has 0 bridgehead atoms. The average molecular weight is 339 g/mol. The maximum atomic E-state index is 13.8. The summed E-state index contributed by atoms with van der Waals surface area (Å²) in [5.74, 6) is -0.834. The second-order valence-electron chi connectivity index (χ2n) is 4.22. The molecule has 0 saturated carbocycles. The van der Waals surface area contributed by atoms with E-state index in [-0.39, 0.29) is 4.83 Å². The molecule has 1 unspecified atom stereocenters. The van der Waals surface area contributed by atoms with Gasteiger partial charge < -0.3 is 0 Å². The van der Waals surface area contributed by atoms with Crippen molar-refractivity contribution in [2.24, 2.45) is 0 Å². The van der Waals surface area contributed by atoms with Crippen LogP contribution in [-0.4, -0.2) is 0 Å². The fraction of sp³-hybridized carbons (Fsp3) is 0.0667. The molecule has 0 aliphatic heterocycles. The van der Waals surface area contributed by atoms with Crippen LogP contribution in [0.1, 0.15) is 16.0 Å². The summed E-state index contributed by atoms with van der Waals surface area (Å²) in [7, 11) is 0. The number of benzene rings is 2. The quantitative estimate of drug-likeness (QED) is 0.528. The summed E-state index contributed by atoms with van der Waals surface area (Å²) in [6.45, 7) is 0. The van der Waals surface area contributed by atoms with Crippen molar-refractivity contribution < 1.29 is 8.78 Å². The van der Waals surface area contributed by atoms with Crippen molar-refractivity contribution in [1.29, 1.82) is 0 Å². The minimum absolute atomic E-state index is 0.323. The molecule has 96 valence electrons. The molecule has 1 atom stereocenters. The number of rotatable bonds is 2. The summed E-state index contributed by atoms with van der Waals surface area (Å²) < 4.78 is 28.2. The van der Waals surface area contributed by atoms with E-state index in [4.69, 9.17) is 0 Å². The molecule has 0 aliphatic rings. The van der Waals surface area contributed by atoms with Gasteiger partial charge in [0, 0.05) is 10.3 Å². The van der Waals surface area contributed by atoms with E-state index in [1.807, 2.05) is 29.6 Å². The Morgan fingerprint density at radius 2 is 1.79 bits per heavy atom. The minimum Gasteiger partial charge on any atom is -0.207 e. The van der Waals surface area contributed by atoms with Gasteiger partial charge in [-0.25, -0.2) is 8.78 Å². The lowest BCUT2D eigenvalue weighted by molar-refractivity contribution is 0.588. The number of hydrogen-bond donors (Lipinski definition) is 0. The van der Waals surface area contributed by atoms with Crippen molar-refractivity contribution in [2.75, 3.05) is 0 Å². The van der Waals surface area contributed by atoms with Gasteiger partial charge in [0.1, 0.15) is 11.6 Å². The van der Waals surface area contributed by atoms with Crippen molar-refractivity contribution >= 4 is 37.4 Å². The second-order valence-corrected chi connectivity index (χ2v) is 6.04. The summed E-state index contributed by atoms with van der Waals surface area (Å²) in [6.07, 6.45) is 0. The fourth-order valence-corrected chi connectivity index (χ4v) is 3.96. The van der Waals surface area contributed by atoms with Gasteiger partial charge in [-0.3, -0.25) is 0 Å². The highest BCUT2D eigenvalue weighted by Gasteiger charge is 2.18. The number of halogens is 3. The Balaban J connectivity index is 2.13. The molecule has 0 amide bonds. The van der Waals surface area contributed by atoms with Crippen LogP contribution in [-0.2, 0) is 0 Å². The fourth-order valence-electron chi connectivity index (χ4n) is 2.07. The van der Waals surface area contributed by atoms with Gasteiger partial charge in [-0.05, 0) is 40.6 Å². The van der Waals surface area contributed by atoms with Crippen LogP contribution in [0.2, 0.25) is 0 Å². The van der Waals surface area contributed by atoms with Crippen LogP contribution < -0.4 is 0 Å². The van der Waals surface area contributed by atoms with Gasteiger partial charge in [-0.15, -0.1) is 11.3 Å². The first kappa shape index (κ1) is 12.8. The molecule has 1 aromatic heterocycles. The largest absolute Gasteiger partial charge is 0.207 e. The molecule has 2 aromatic carbocycles. The zero-order chi connectivity index (χ0) is 13.4. The van der Waals surface area contributed by atoms with E-state index in [0.717, 1.165) is 27.8 Å². The standard InChI is InChI=1S/C15H9BrF2S/c16-15(11-7-9(17)5-6-13(11)18)12-8-19-14-4-2-1-3-10(12)14/h1-8,15H. The second kappa shape index (κ2) is 5.02. The van der Waals surface area contributed by atoms with Crippen molar-refractivity contribution in [2.45, 2.75) is 4.83 Å². The van der Waals surface area contributed by atoms with E-state index in [2.05, 4.69) is 15.9 Å². The van der Waals surface area contributed by atoms with Crippen LogP contribution in [0.3, 0.4) is 0 Å². The first-order chi connectivity index (χ1) is 9.16. The van der Waals surface area contributed by atoms with Crippen LogP contribution in [0.4, 0.5) is 8.78 Å². The third-order valence-electron chi connectivity index (χ3n) is 3.02. The van der Waals surface area contributed by atoms with Gasteiger partial charge in [0.15, 0.2) is 0 Å². The lowest BCUT2D eigenvalue weighted by Gasteiger charge is -2.11. The monoisotopic (exact) mass is 338 g/mol.